The Hall–Kier alpha value is -1.33. The molecule has 21 heavy (non-hydrogen) atoms. The number of anilines is 2. The molecule has 0 saturated heterocycles. The van der Waals surface area contributed by atoms with Gasteiger partial charge >= 0.3 is 0 Å². The first kappa shape index (κ1) is 16.0. The summed E-state index contributed by atoms with van der Waals surface area (Å²) in [7, 11) is 0. The summed E-state index contributed by atoms with van der Waals surface area (Å²) >= 11 is 6.89. The van der Waals surface area contributed by atoms with Crippen LogP contribution in [-0.2, 0) is 10.2 Å². The molecule has 0 fully saturated rings. The standard InChI is InChI=1S/C16H16Br2N2O/c1-16(2,10-6-8-11(19)9-7-10)15(21)20-14-12(17)4-3-5-13(14)18/h3-9H,19H2,1-2H3,(H,20,21). The van der Waals surface area contributed by atoms with Crippen molar-refractivity contribution in [2.45, 2.75) is 19.3 Å². The molecule has 1 amide bonds. The van der Waals surface area contributed by atoms with E-state index in [0.717, 1.165) is 20.2 Å². The Kier molecular flexibility index (Phi) is 4.74. The third-order valence-corrected chi connectivity index (χ3v) is 4.72. The Morgan fingerprint density at radius 1 is 1.05 bits per heavy atom. The second-order valence-corrected chi connectivity index (χ2v) is 7.01. The highest BCUT2D eigenvalue weighted by Crippen LogP contribution is 2.33. The molecule has 0 radical (unpaired) electrons. The van der Waals surface area contributed by atoms with Crippen LogP contribution in [0.3, 0.4) is 0 Å². The minimum Gasteiger partial charge on any atom is -0.399 e. The lowest BCUT2D eigenvalue weighted by molar-refractivity contribution is -0.120. The quantitative estimate of drug-likeness (QED) is 0.718. The fourth-order valence-electron chi connectivity index (χ4n) is 1.92. The first-order valence-electron chi connectivity index (χ1n) is 6.44. The van der Waals surface area contributed by atoms with Crippen molar-refractivity contribution in [1.82, 2.24) is 0 Å². The van der Waals surface area contributed by atoms with E-state index in [1.54, 1.807) is 12.1 Å². The van der Waals surface area contributed by atoms with Crippen molar-refractivity contribution >= 4 is 49.1 Å². The SMILES string of the molecule is CC(C)(C(=O)Nc1c(Br)cccc1Br)c1ccc(N)cc1. The second kappa shape index (κ2) is 6.20. The number of hydrogen-bond acceptors (Lipinski definition) is 2. The zero-order valence-electron chi connectivity index (χ0n) is 11.8. The lowest BCUT2D eigenvalue weighted by atomic mass is 9.83. The number of amides is 1. The molecule has 3 nitrogen and oxygen atoms in total. The first-order valence-corrected chi connectivity index (χ1v) is 8.02. The summed E-state index contributed by atoms with van der Waals surface area (Å²) < 4.78 is 1.66. The van der Waals surface area contributed by atoms with Crippen LogP contribution >= 0.6 is 31.9 Å². The van der Waals surface area contributed by atoms with E-state index in [-0.39, 0.29) is 5.91 Å². The first-order chi connectivity index (χ1) is 9.82. The lowest BCUT2D eigenvalue weighted by Gasteiger charge is -2.25. The molecule has 2 aromatic carbocycles. The molecule has 0 atom stereocenters. The zero-order chi connectivity index (χ0) is 15.6. The van der Waals surface area contributed by atoms with Gasteiger partial charge in [0.15, 0.2) is 0 Å². The van der Waals surface area contributed by atoms with E-state index in [0.29, 0.717) is 5.69 Å². The summed E-state index contributed by atoms with van der Waals surface area (Å²) in [6.07, 6.45) is 0. The van der Waals surface area contributed by atoms with E-state index in [4.69, 9.17) is 5.73 Å². The summed E-state index contributed by atoms with van der Waals surface area (Å²) in [5.74, 6) is -0.0835. The Labute approximate surface area is 141 Å². The molecule has 0 aliphatic heterocycles. The molecule has 3 N–H and O–H groups in total. The number of benzene rings is 2. The smallest absolute Gasteiger partial charge is 0.234 e. The van der Waals surface area contributed by atoms with Crippen molar-refractivity contribution in [2.75, 3.05) is 11.1 Å². The van der Waals surface area contributed by atoms with Gasteiger partial charge in [0.2, 0.25) is 5.91 Å². The molecule has 0 aliphatic rings. The van der Waals surface area contributed by atoms with Gasteiger partial charge in [0.05, 0.1) is 11.1 Å². The number of rotatable bonds is 3. The molecule has 2 aromatic rings. The van der Waals surface area contributed by atoms with Crippen LogP contribution < -0.4 is 11.1 Å². The molecule has 0 bridgehead atoms. The van der Waals surface area contributed by atoms with Gasteiger partial charge in [0.1, 0.15) is 0 Å². The zero-order valence-corrected chi connectivity index (χ0v) is 15.0. The molecule has 0 saturated carbocycles. The van der Waals surface area contributed by atoms with Crippen LogP contribution in [0.2, 0.25) is 0 Å². The van der Waals surface area contributed by atoms with Crippen LogP contribution in [0.4, 0.5) is 11.4 Å². The Bertz CT molecular complexity index is 646. The molecule has 0 heterocycles. The highest BCUT2D eigenvalue weighted by atomic mass is 79.9. The number of nitrogens with two attached hydrogens (primary N) is 1. The fraction of sp³-hybridized carbons (Fsp3) is 0.188. The van der Waals surface area contributed by atoms with Gasteiger partial charge in [-0.2, -0.15) is 0 Å². The molecular formula is C16H16Br2N2O. The second-order valence-electron chi connectivity index (χ2n) is 5.30. The van der Waals surface area contributed by atoms with Crippen molar-refractivity contribution in [3.05, 3.63) is 57.0 Å². The van der Waals surface area contributed by atoms with Gasteiger partial charge in [-0.05, 0) is 75.5 Å². The summed E-state index contributed by atoms with van der Waals surface area (Å²) in [5, 5.41) is 2.97. The topological polar surface area (TPSA) is 55.1 Å². The van der Waals surface area contributed by atoms with Crippen LogP contribution in [0.25, 0.3) is 0 Å². The summed E-state index contributed by atoms with van der Waals surface area (Å²) in [5.41, 5.74) is 7.36. The normalized spacial score (nSPS) is 11.2. The van der Waals surface area contributed by atoms with E-state index < -0.39 is 5.41 Å². The van der Waals surface area contributed by atoms with Crippen molar-refractivity contribution in [3.8, 4) is 0 Å². The highest BCUT2D eigenvalue weighted by Gasteiger charge is 2.30. The number of nitrogen functional groups attached to an aromatic ring is 1. The maximum Gasteiger partial charge on any atom is 0.234 e. The average molecular weight is 412 g/mol. The van der Waals surface area contributed by atoms with Crippen LogP contribution in [0.1, 0.15) is 19.4 Å². The van der Waals surface area contributed by atoms with E-state index in [2.05, 4.69) is 37.2 Å². The summed E-state index contributed by atoms with van der Waals surface area (Å²) in [4.78, 5) is 12.6. The number of para-hydroxylation sites is 1. The van der Waals surface area contributed by atoms with Gasteiger partial charge < -0.3 is 11.1 Å². The molecule has 5 heteroatoms. The Morgan fingerprint density at radius 2 is 1.57 bits per heavy atom. The van der Waals surface area contributed by atoms with Gasteiger partial charge in [-0.3, -0.25) is 4.79 Å². The Morgan fingerprint density at radius 3 is 2.10 bits per heavy atom. The minimum absolute atomic E-state index is 0.0835. The largest absolute Gasteiger partial charge is 0.399 e. The highest BCUT2D eigenvalue weighted by molar-refractivity contribution is 9.11. The van der Waals surface area contributed by atoms with E-state index in [1.807, 2.05) is 44.2 Å². The maximum absolute atomic E-state index is 12.6. The molecule has 0 unspecified atom stereocenters. The monoisotopic (exact) mass is 410 g/mol. The van der Waals surface area contributed by atoms with Gasteiger partial charge in [0.25, 0.3) is 0 Å². The van der Waals surface area contributed by atoms with Gasteiger partial charge in [-0.1, -0.05) is 18.2 Å². The van der Waals surface area contributed by atoms with Gasteiger partial charge in [-0.15, -0.1) is 0 Å². The lowest BCUT2D eigenvalue weighted by Crippen LogP contribution is -2.34. The summed E-state index contributed by atoms with van der Waals surface area (Å²) in [6.45, 7) is 3.78. The predicted molar refractivity (Wildman–Crippen MR) is 94.4 cm³/mol. The molecule has 110 valence electrons. The molecule has 2 rings (SSSR count). The van der Waals surface area contributed by atoms with Crippen molar-refractivity contribution in [1.29, 1.82) is 0 Å². The van der Waals surface area contributed by atoms with Crippen LogP contribution in [0.5, 0.6) is 0 Å². The van der Waals surface area contributed by atoms with Crippen LogP contribution in [-0.4, -0.2) is 5.91 Å². The molecule has 0 aliphatic carbocycles. The number of halogens is 2. The molecule has 0 spiro atoms. The average Bonchev–Trinajstić information content (AvgIpc) is 2.43. The minimum atomic E-state index is -0.664. The van der Waals surface area contributed by atoms with E-state index >= 15 is 0 Å². The van der Waals surface area contributed by atoms with Crippen molar-refractivity contribution < 1.29 is 4.79 Å². The number of nitrogens with one attached hydrogen (secondary N) is 1. The third kappa shape index (κ3) is 3.47. The van der Waals surface area contributed by atoms with Gasteiger partial charge in [0, 0.05) is 14.6 Å². The number of carbonyl (C=O) groups is 1. The van der Waals surface area contributed by atoms with Crippen LogP contribution in [0, 0.1) is 0 Å². The third-order valence-electron chi connectivity index (χ3n) is 3.40. The summed E-state index contributed by atoms with van der Waals surface area (Å²) in [6, 6.07) is 13.0. The van der Waals surface area contributed by atoms with E-state index in [9.17, 15) is 4.79 Å². The Balaban J connectivity index is 2.28. The maximum atomic E-state index is 12.6. The van der Waals surface area contributed by atoms with Crippen molar-refractivity contribution in [2.24, 2.45) is 0 Å². The van der Waals surface area contributed by atoms with E-state index in [1.165, 1.54) is 0 Å². The number of carbonyl (C=O) groups excluding carboxylic acids is 1. The molecule has 0 aromatic heterocycles. The van der Waals surface area contributed by atoms with Crippen LogP contribution in [0.15, 0.2) is 51.4 Å². The van der Waals surface area contributed by atoms with Gasteiger partial charge in [-0.25, -0.2) is 0 Å². The number of hydrogen-bond donors (Lipinski definition) is 2. The predicted octanol–water partition coefficient (Wildman–Crippen LogP) is 4.71. The fourth-order valence-corrected chi connectivity index (χ4v) is 3.11. The molecular weight excluding hydrogens is 396 g/mol. The van der Waals surface area contributed by atoms with Crippen molar-refractivity contribution in [3.63, 3.8) is 0 Å².